The van der Waals surface area contributed by atoms with Crippen LogP contribution in [-0.4, -0.2) is 59.4 Å². The highest BCUT2D eigenvalue weighted by molar-refractivity contribution is 6.15. The van der Waals surface area contributed by atoms with Crippen molar-refractivity contribution in [2.24, 2.45) is 0 Å². The van der Waals surface area contributed by atoms with E-state index in [1.54, 1.807) is 13.1 Å². The van der Waals surface area contributed by atoms with Gasteiger partial charge in [-0.2, -0.15) is 0 Å². The highest BCUT2D eigenvalue weighted by atomic mass is 19.1. The molecule has 150 valence electrons. The summed E-state index contributed by atoms with van der Waals surface area (Å²) in [6.07, 6.45) is 6.26. The van der Waals surface area contributed by atoms with Gasteiger partial charge in [0.1, 0.15) is 24.8 Å². The van der Waals surface area contributed by atoms with Crippen molar-refractivity contribution in [1.82, 2.24) is 15.3 Å². The Morgan fingerprint density at radius 3 is 2.66 bits per heavy atom. The van der Waals surface area contributed by atoms with Crippen LogP contribution in [-0.2, 0) is 0 Å². The molecular weight excluding hydrogens is 369 g/mol. The zero-order valence-electron chi connectivity index (χ0n) is 16.6. The lowest BCUT2D eigenvalue weighted by atomic mass is 9.97. The van der Waals surface area contributed by atoms with Gasteiger partial charge in [0.15, 0.2) is 18.2 Å². The first-order chi connectivity index (χ1) is 13.9. The third kappa shape index (κ3) is 3.75. The van der Waals surface area contributed by atoms with Crippen LogP contribution in [0.1, 0.15) is 29.7 Å². The Balaban J connectivity index is 1.57. The number of aromatic nitrogens is 2. The Morgan fingerprint density at radius 2 is 2.00 bits per heavy atom. The standard InChI is InChI=1S/C21H25FN7/c1-25-21(22)5-7-29(8-6-21)19-10-18(26-13-27-19)20(24)16-9-14(3-4-17(16)23)15-11-28(2)12-15/h3-4,9-13,24-25H,5-8,23H2,1-2H3/q+1. The van der Waals surface area contributed by atoms with E-state index >= 15 is 0 Å². The van der Waals surface area contributed by atoms with E-state index in [2.05, 4.69) is 15.3 Å². The number of allylic oxidation sites excluding steroid dienone is 1. The number of hydrogen-bond donors (Lipinski definition) is 3. The molecule has 1 fully saturated rings. The van der Waals surface area contributed by atoms with E-state index in [-0.39, 0.29) is 5.71 Å². The molecule has 1 aromatic carbocycles. The maximum atomic E-state index is 14.4. The first-order valence-electron chi connectivity index (χ1n) is 9.61. The predicted molar refractivity (Wildman–Crippen MR) is 113 cm³/mol. The van der Waals surface area contributed by atoms with Crippen LogP contribution in [0.5, 0.6) is 0 Å². The first-order valence-corrected chi connectivity index (χ1v) is 9.61. The van der Waals surface area contributed by atoms with E-state index < -0.39 is 5.79 Å². The number of nitrogens with two attached hydrogens (primary N) is 1. The SMILES string of the molecule is CNC1(F)CCN(c2cc(C(=N)c3cc(C4=C[N+](C)=C4)ccc3N)ncn2)CC1. The van der Waals surface area contributed by atoms with E-state index in [1.165, 1.54) is 6.33 Å². The highest BCUT2D eigenvalue weighted by Gasteiger charge is 2.33. The second-order valence-corrected chi connectivity index (χ2v) is 7.52. The summed E-state index contributed by atoms with van der Waals surface area (Å²) in [6.45, 7) is 1.10. The largest absolute Gasteiger partial charge is 0.398 e. The average Bonchev–Trinajstić information content (AvgIpc) is 2.72. The molecule has 0 radical (unpaired) electrons. The molecule has 0 unspecified atom stereocenters. The molecule has 4 rings (SSSR count). The van der Waals surface area contributed by atoms with E-state index in [9.17, 15) is 4.39 Å². The van der Waals surface area contributed by atoms with Crippen LogP contribution in [0.15, 0.2) is 36.8 Å². The van der Waals surface area contributed by atoms with Crippen molar-refractivity contribution in [2.75, 3.05) is 37.8 Å². The molecule has 29 heavy (non-hydrogen) atoms. The van der Waals surface area contributed by atoms with Crippen molar-refractivity contribution in [3.63, 3.8) is 0 Å². The predicted octanol–water partition coefficient (Wildman–Crippen LogP) is 2.03. The van der Waals surface area contributed by atoms with E-state index in [4.69, 9.17) is 11.1 Å². The smallest absolute Gasteiger partial charge is 0.182 e. The molecule has 2 aliphatic heterocycles. The van der Waals surface area contributed by atoms with Gasteiger partial charge in [0.2, 0.25) is 0 Å². The fourth-order valence-corrected chi connectivity index (χ4v) is 3.66. The van der Waals surface area contributed by atoms with Gasteiger partial charge in [-0.05, 0) is 24.7 Å². The van der Waals surface area contributed by atoms with Crippen LogP contribution in [0.2, 0.25) is 0 Å². The molecule has 0 bridgehead atoms. The lowest BCUT2D eigenvalue weighted by Crippen LogP contribution is -2.49. The van der Waals surface area contributed by atoms with Crippen molar-refractivity contribution in [1.29, 1.82) is 5.41 Å². The van der Waals surface area contributed by atoms with E-state index in [0.717, 1.165) is 11.1 Å². The van der Waals surface area contributed by atoms with Crippen LogP contribution in [0.4, 0.5) is 15.9 Å². The summed E-state index contributed by atoms with van der Waals surface area (Å²) < 4.78 is 16.4. The number of hydrogen-bond acceptors (Lipinski definition) is 6. The molecule has 1 aromatic heterocycles. The molecule has 2 aliphatic rings. The molecule has 2 aromatic rings. The van der Waals surface area contributed by atoms with Crippen LogP contribution >= 0.6 is 0 Å². The van der Waals surface area contributed by atoms with Crippen molar-refractivity contribution in [2.45, 2.75) is 18.6 Å². The van der Waals surface area contributed by atoms with Gasteiger partial charge in [-0.1, -0.05) is 6.07 Å². The second kappa shape index (κ2) is 7.36. The molecule has 0 saturated carbocycles. The summed E-state index contributed by atoms with van der Waals surface area (Å²) >= 11 is 0. The van der Waals surface area contributed by atoms with Gasteiger partial charge in [-0.15, -0.1) is 0 Å². The fraction of sp³-hybridized carbons (Fsp3) is 0.333. The Kier molecular flexibility index (Phi) is 4.87. The number of anilines is 2. The Bertz CT molecular complexity index is 1020. The zero-order chi connectivity index (χ0) is 20.6. The van der Waals surface area contributed by atoms with E-state index in [0.29, 0.717) is 48.7 Å². The van der Waals surface area contributed by atoms with Crippen molar-refractivity contribution in [3.05, 3.63) is 53.6 Å². The molecule has 4 N–H and O–H groups in total. The van der Waals surface area contributed by atoms with Gasteiger partial charge >= 0.3 is 0 Å². The van der Waals surface area contributed by atoms with Gasteiger partial charge in [0.25, 0.3) is 0 Å². The Hall–Kier alpha value is -3.13. The van der Waals surface area contributed by atoms with Gasteiger partial charge in [0.05, 0.1) is 11.4 Å². The minimum atomic E-state index is -1.32. The molecule has 0 amide bonds. The normalized spacial score (nSPS) is 18.0. The van der Waals surface area contributed by atoms with E-state index in [1.807, 2.05) is 47.1 Å². The molecule has 0 spiro atoms. The maximum Gasteiger partial charge on any atom is 0.182 e. The monoisotopic (exact) mass is 394 g/mol. The minimum absolute atomic E-state index is 0.244. The number of nitrogens with zero attached hydrogens (tertiary/aromatic N) is 4. The molecule has 7 nitrogen and oxygen atoms in total. The van der Waals surface area contributed by atoms with Crippen molar-refractivity contribution >= 4 is 29.0 Å². The highest BCUT2D eigenvalue weighted by Crippen LogP contribution is 2.27. The molecule has 1 saturated heterocycles. The number of benzene rings is 1. The van der Waals surface area contributed by atoms with Crippen LogP contribution in [0, 0.1) is 5.41 Å². The zero-order valence-corrected chi connectivity index (χ0v) is 16.6. The topological polar surface area (TPSA) is 93.9 Å². The van der Waals surface area contributed by atoms with Gasteiger partial charge in [-0.25, -0.2) is 18.9 Å². The number of nitrogen functional groups attached to an aromatic ring is 1. The fourth-order valence-electron chi connectivity index (χ4n) is 3.66. The van der Waals surface area contributed by atoms with Crippen molar-refractivity contribution < 1.29 is 8.97 Å². The van der Waals surface area contributed by atoms with Gasteiger partial charge in [0, 0.05) is 43.2 Å². The number of alkyl halides is 1. The summed E-state index contributed by atoms with van der Waals surface area (Å²) in [5.74, 6) is -0.626. The molecule has 0 aliphatic carbocycles. The molecule has 8 heteroatoms. The number of piperidine rings is 1. The maximum absolute atomic E-state index is 14.4. The molecule has 0 atom stereocenters. The summed E-state index contributed by atoms with van der Waals surface area (Å²) in [6, 6.07) is 7.46. The second-order valence-electron chi connectivity index (χ2n) is 7.52. The lowest BCUT2D eigenvalue weighted by Gasteiger charge is -2.36. The summed E-state index contributed by atoms with van der Waals surface area (Å²) in [5.41, 5.74) is 10.2. The Morgan fingerprint density at radius 1 is 1.28 bits per heavy atom. The number of nitrogens with one attached hydrogen (secondary N) is 2. The average molecular weight is 394 g/mol. The van der Waals surface area contributed by atoms with Crippen LogP contribution in [0.3, 0.4) is 0 Å². The number of halogens is 1. The third-order valence-corrected chi connectivity index (χ3v) is 5.58. The quantitative estimate of drug-likeness (QED) is 0.312. The van der Waals surface area contributed by atoms with Gasteiger partial charge in [-0.3, -0.25) is 10.7 Å². The van der Waals surface area contributed by atoms with Crippen molar-refractivity contribution in [3.8, 4) is 0 Å². The minimum Gasteiger partial charge on any atom is -0.398 e. The number of rotatable bonds is 5. The third-order valence-electron chi connectivity index (χ3n) is 5.58. The van der Waals surface area contributed by atoms with Gasteiger partial charge < -0.3 is 10.6 Å². The summed E-state index contributed by atoms with van der Waals surface area (Å²) in [4.78, 5) is 10.6. The summed E-state index contributed by atoms with van der Waals surface area (Å²) in [5, 5.41) is 11.4. The first kappa shape index (κ1) is 19.2. The lowest BCUT2D eigenvalue weighted by molar-refractivity contribution is -0.423. The Labute approximate surface area is 169 Å². The van der Waals surface area contributed by atoms with Crippen LogP contribution in [0.25, 0.3) is 5.57 Å². The molecule has 3 heterocycles. The molecular formula is C21H25FN7+. The summed E-state index contributed by atoms with van der Waals surface area (Å²) in [7, 11) is 3.62. The van der Waals surface area contributed by atoms with Crippen LogP contribution < -0.4 is 16.0 Å².